The lowest BCUT2D eigenvalue weighted by Gasteiger charge is -2.28. The first-order chi connectivity index (χ1) is 15.5. The molecule has 1 atom stereocenters. The molecule has 1 aromatic heterocycles. The van der Waals surface area contributed by atoms with Crippen molar-refractivity contribution in [1.82, 2.24) is 4.98 Å². The minimum absolute atomic E-state index is 0.0779. The molecule has 1 aliphatic heterocycles. The Kier molecular flexibility index (Phi) is 4.86. The highest BCUT2D eigenvalue weighted by molar-refractivity contribution is 5.91. The predicted molar refractivity (Wildman–Crippen MR) is 122 cm³/mol. The highest BCUT2D eigenvalue weighted by Gasteiger charge is 2.45. The van der Waals surface area contributed by atoms with E-state index in [-0.39, 0.29) is 12.4 Å². The van der Waals surface area contributed by atoms with Crippen molar-refractivity contribution >= 4 is 16.9 Å². The number of carbonyl (C=O) groups is 1. The van der Waals surface area contributed by atoms with Gasteiger partial charge < -0.3 is 14.6 Å². The minimum Gasteiger partial charge on any atom is -0.506 e. The number of ether oxygens (including phenoxy) is 2. The number of pyridine rings is 1. The van der Waals surface area contributed by atoms with Crippen LogP contribution in [0.15, 0.2) is 97.1 Å². The van der Waals surface area contributed by atoms with E-state index in [1.807, 2.05) is 66.7 Å². The maximum atomic E-state index is 12.3. The van der Waals surface area contributed by atoms with E-state index >= 15 is 0 Å². The third-order valence-electron chi connectivity index (χ3n) is 5.72. The number of aromatic hydroxyl groups is 1. The van der Waals surface area contributed by atoms with E-state index in [2.05, 4.69) is 11.6 Å². The predicted octanol–water partition coefficient (Wildman–Crippen LogP) is 5.38. The molecule has 5 heteroatoms. The van der Waals surface area contributed by atoms with Crippen LogP contribution in [-0.2, 0) is 15.1 Å². The molecule has 1 unspecified atom stereocenters. The highest BCUT2D eigenvalue weighted by atomic mass is 16.6. The number of nitrogens with zero attached hydrogens (tertiary/aromatic N) is 1. The second-order valence-corrected chi connectivity index (χ2v) is 7.89. The van der Waals surface area contributed by atoms with Crippen LogP contribution in [0.25, 0.3) is 22.0 Å². The quantitative estimate of drug-likeness (QED) is 0.345. The van der Waals surface area contributed by atoms with E-state index in [9.17, 15) is 9.90 Å². The van der Waals surface area contributed by atoms with E-state index in [1.54, 1.807) is 18.2 Å². The molecule has 1 N–H and O–H groups in total. The van der Waals surface area contributed by atoms with Crippen molar-refractivity contribution in [3.05, 3.63) is 103 Å². The molecule has 0 amide bonds. The number of benzene rings is 3. The molecule has 1 fully saturated rings. The monoisotopic (exact) mass is 423 g/mol. The standard InChI is InChI=1S/C27H21NO4/c1-18-16-27(32-26(18)30,22-13-10-20(11-14-22)19-6-3-2-4-7-19)17-31-24-15-12-21-8-5-9-23(29)25(21)28-24/h2-15,29H,1,16-17H2. The van der Waals surface area contributed by atoms with Crippen molar-refractivity contribution in [2.24, 2.45) is 0 Å². The second-order valence-electron chi connectivity index (χ2n) is 7.89. The van der Waals surface area contributed by atoms with Gasteiger partial charge >= 0.3 is 5.97 Å². The Morgan fingerprint density at radius 2 is 1.69 bits per heavy atom. The summed E-state index contributed by atoms with van der Waals surface area (Å²) in [6.07, 6.45) is 0.329. The van der Waals surface area contributed by atoms with Gasteiger partial charge in [-0.15, -0.1) is 0 Å². The lowest BCUT2D eigenvalue weighted by molar-refractivity contribution is -0.150. The van der Waals surface area contributed by atoms with Gasteiger partial charge in [0.05, 0.1) is 0 Å². The summed E-state index contributed by atoms with van der Waals surface area (Å²) in [4.78, 5) is 16.7. The van der Waals surface area contributed by atoms with Gasteiger partial charge in [0.2, 0.25) is 5.88 Å². The number of phenols is 1. The topological polar surface area (TPSA) is 68.7 Å². The maximum absolute atomic E-state index is 12.3. The van der Waals surface area contributed by atoms with Crippen LogP contribution in [0.1, 0.15) is 12.0 Å². The molecule has 1 saturated heterocycles. The minimum atomic E-state index is -0.987. The zero-order valence-corrected chi connectivity index (χ0v) is 17.3. The Morgan fingerprint density at radius 3 is 2.41 bits per heavy atom. The summed E-state index contributed by atoms with van der Waals surface area (Å²) in [5.41, 5.74) is 2.88. The normalized spacial score (nSPS) is 18.0. The number of para-hydroxylation sites is 1. The Bertz CT molecular complexity index is 1300. The van der Waals surface area contributed by atoms with Crippen LogP contribution in [0.3, 0.4) is 0 Å². The first-order valence-electron chi connectivity index (χ1n) is 10.3. The van der Waals surface area contributed by atoms with Gasteiger partial charge in [-0.25, -0.2) is 9.78 Å². The summed E-state index contributed by atoms with van der Waals surface area (Å²) in [6, 6.07) is 26.8. The molecule has 0 bridgehead atoms. The number of cyclic esters (lactones) is 1. The van der Waals surface area contributed by atoms with Gasteiger partial charge in [0, 0.05) is 23.4 Å². The van der Waals surface area contributed by atoms with Gasteiger partial charge in [-0.05, 0) is 28.8 Å². The average molecular weight is 423 g/mol. The number of rotatable bonds is 5. The smallest absolute Gasteiger partial charge is 0.334 e. The summed E-state index contributed by atoms with van der Waals surface area (Å²) in [5, 5.41) is 10.9. The van der Waals surface area contributed by atoms with E-state index in [4.69, 9.17) is 9.47 Å². The van der Waals surface area contributed by atoms with Crippen LogP contribution in [0, 0.1) is 0 Å². The van der Waals surface area contributed by atoms with Crippen molar-refractivity contribution in [3.63, 3.8) is 0 Å². The Hall–Kier alpha value is -4.12. The van der Waals surface area contributed by atoms with E-state index < -0.39 is 11.6 Å². The summed E-state index contributed by atoms with van der Waals surface area (Å²) in [5.74, 6) is -0.00229. The fourth-order valence-corrected chi connectivity index (χ4v) is 4.01. The van der Waals surface area contributed by atoms with Gasteiger partial charge in [0.25, 0.3) is 0 Å². The van der Waals surface area contributed by atoms with Gasteiger partial charge in [0.15, 0.2) is 5.60 Å². The Morgan fingerprint density at radius 1 is 0.938 bits per heavy atom. The molecule has 1 aliphatic rings. The zero-order valence-electron chi connectivity index (χ0n) is 17.3. The summed E-state index contributed by atoms with van der Waals surface area (Å²) in [7, 11) is 0. The zero-order chi connectivity index (χ0) is 22.1. The third-order valence-corrected chi connectivity index (χ3v) is 5.72. The van der Waals surface area contributed by atoms with Crippen molar-refractivity contribution < 1.29 is 19.4 Å². The lowest BCUT2D eigenvalue weighted by atomic mass is 9.89. The molecular weight excluding hydrogens is 402 g/mol. The third kappa shape index (κ3) is 3.58. The molecule has 0 spiro atoms. The number of phenolic OH excluding ortho intramolecular Hbond substituents is 1. The molecule has 0 radical (unpaired) electrons. The molecule has 2 heterocycles. The second kappa shape index (κ2) is 7.85. The SMILES string of the molecule is C=C1CC(COc2ccc3cccc(O)c3n2)(c2ccc(-c3ccccc3)cc2)OC1=O. The number of fused-ring (bicyclic) bond motifs is 1. The molecule has 32 heavy (non-hydrogen) atoms. The molecular formula is C27H21NO4. The fraction of sp³-hybridized carbons (Fsp3) is 0.111. The van der Waals surface area contributed by atoms with Crippen LogP contribution in [0.2, 0.25) is 0 Å². The maximum Gasteiger partial charge on any atom is 0.334 e. The van der Waals surface area contributed by atoms with Crippen LogP contribution in [0.4, 0.5) is 0 Å². The summed E-state index contributed by atoms with van der Waals surface area (Å²) >= 11 is 0. The molecule has 0 saturated carbocycles. The molecule has 0 aliphatic carbocycles. The number of hydrogen-bond acceptors (Lipinski definition) is 5. The van der Waals surface area contributed by atoms with Crippen molar-refractivity contribution in [2.75, 3.05) is 6.61 Å². The lowest BCUT2D eigenvalue weighted by Crippen LogP contribution is -2.33. The van der Waals surface area contributed by atoms with Gasteiger partial charge in [-0.1, -0.05) is 73.3 Å². The molecule has 3 aromatic carbocycles. The van der Waals surface area contributed by atoms with Gasteiger partial charge in [-0.2, -0.15) is 0 Å². The molecule has 158 valence electrons. The number of carbonyl (C=O) groups excluding carboxylic acids is 1. The summed E-state index contributed by atoms with van der Waals surface area (Å²) < 4.78 is 11.8. The highest BCUT2D eigenvalue weighted by Crippen LogP contribution is 2.40. The first-order valence-corrected chi connectivity index (χ1v) is 10.3. The first kappa shape index (κ1) is 19.8. The largest absolute Gasteiger partial charge is 0.506 e. The van der Waals surface area contributed by atoms with Crippen LogP contribution in [-0.4, -0.2) is 22.7 Å². The fourth-order valence-electron chi connectivity index (χ4n) is 4.01. The van der Waals surface area contributed by atoms with Crippen molar-refractivity contribution in [1.29, 1.82) is 0 Å². The summed E-state index contributed by atoms with van der Waals surface area (Å²) in [6.45, 7) is 3.93. The van der Waals surface area contributed by atoms with E-state index in [0.717, 1.165) is 22.1 Å². The van der Waals surface area contributed by atoms with Gasteiger partial charge in [-0.3, -0.25) is 0 Å². The van der Waals surface area contributed by atoms with E-state index in [0.29, 0.717) is 23.4 Å². The number of aromatic nitrogens is 1. The van der Waals surface area contributed by atoms with Gasteiger partial charge in [0.1, 0.15) is 17.9 Å². The molecule has 5 nitrogen and oxygen atoms in total. The van der Waals surface area contributed by atoms with E-state index in [1.165, 1.54) is 0 Å². The van der Waals surface area contributed by atoms with Crippen molar-refractivity contribution in [3.8, 4) is 22.8 Å². The molecule has 5 rings (SSSR count). The van der Waals surface area contributed by atoms with Crippen LogP contribution >= 0.6 is 0 Å². The van der Waals surface area contributed by atoms with Crippen molar-refractivity contribution in [2.45, 2.75) is 12.0 Å². The van der Waals surface area contributed by atoms with Crippen LogP contribution in [0.5, 0.6) is 11.6 Å². The van der Waals surface area contributed by atoms with Crippen LogP contribution < -0.4 is 4.74 Å². The Labute approximate surface area is 185 Å². The number of esters is 1. The number of hydrogen-bond donors (Lipinski definition) is 1. The Balaban J connectivity index is 1.44. The average Bonchev–Trinajstić information content (AvgIpc) is 3.13. The molecule has 4 aromatic rings.